The van der Waals surface area contributed by atoms with Crippen molar-refractivity contribution in [1.29, 1.82) is 0 Å². The van der Waals surface area contributed by atoms with E-state index in [4.69, 9.17) is 9.84 Å². The van der Waals surface area contributed by atoms with Crippen LogP contribution in [0.15, 0.2) is 18.2 Å². The van der Waals surface area contributed by atoms with Gasteiger partial charge in [0.2, 0.25) is 0 Å². The molecule has 3 heteroatoms. The van der Waals surface area contributed by atoms with Gasteiger partial charge in [-0.1, -0.05) is 17.7 Å². The molecule has 106 valence electrons. The molecule has 0 saturated carbocycles. The highest BCUT2D eigenvalue weighted by molar-refractivity contribution is 5.73. The summed E-state index contributed by atoms with van der Waals surface area (Å²) in [6.07, 6.45) is 2.42. The van der Waals surface area contributed by atoms with Crippen LogP contribution in [0, 0.1) is 19.3 Å². The third-order valence-corrected chi connectivity index (χ3v) is 3.36. The Morgan fingerprint density at radius 2 is 1.95 bits per heavy atom. The Balaban J connectivity index is 2.30. The number of hydrogen-bond acceptors (Lipinski definition) is 2. The second-order valence-electron chi connectivity index (χ2n) is 5.76. The van der Waals surface area contributed by atoms with E-state index < -0.39 is 11.4 Å². The van der Waals surface area contributed by atoms with Crippen LogP contribution in [-0.2, 0) is 4.79 Å². The minimum absolute atomic E-state index is 0.638. The highest BCUT2D eigenvalue weighted by atomic mass is 16.5. The van der Waals surface area contributed by atoms with E-state index in [0.717, 1.165) is 24.2 Å². The zero-order chi connectivity index (χ0) is 14.5. The Kier molecular flexibility index (Phi) is 5.40. The fourth-order valence-corrected chi connectivity index (χ4v) is 1.92. The molecule has 0 saturated heterocycles. The first-order valence-corrected chi connectivity index (χ1v) is 6.76. The second kappa shape index (κ2) is 6.60. The SMILES string of the molecule is Cc1ccc(OCCCCC(C)(C)C(=O)O)c(C)c1. The largest absolute Gasteiger partial charge is 0.493 e. The van der Waals surface area contributed by atoms with E-state index in [9.17, 15) is 4.79 Å². The summed E-state index contributed by atoms with van der Waals surface area (Å²) in [5.74, 6) is 0.186. The quantitative estimate of drug-likeness (QED) is 0.758. The number of carbonyl (C=O) groups is 1. The summed E-state index contributed by atoms with van der Waals surface area (Å²) in [6, 6.07) is 6.13. The number of aryl methyl sites for hydroxylation is 2. The van der Waals surface area contributed by atoms with E-state index in [0.29, 0.717) is 13.0 Å². The molecule has 0 atom stereocenters. The van der Waals surface area contributed by atoms with E-state index in [1.54, 1.807) is 13.8 Å². The first-order valence-electron chi connectivity index (χ1n) is 6.76. The summed E-state index contributed by atoms with van der Waals surface area (Å²) in [7, 11) is 0. The van der Waals surface area contributed by atoms with E-state index in [1.807, 2.05) is 19.1 Å². The number of benzene rings is 1. The maximum absolute atomic E-state index is 11.0. The summed E-state index contributed by atoms with van der Waals surface area (Å²) in [6.45, 7) is 8.26. The molecule has 1 aromatic rings. The Hall–Kier alpha value is -1.51. The van der Waals surface area contributed by atoms with Gasteiger partial charge in [0.1, 0.15) is 5.75 Å². The molecule has 0 heterocycles. The summed E-state index contributed by atoms with van der Waals surface area (Å²) >= 11 is 0. The van der Waals surface area contributed by atoms with Gasteiger partial charge in [-0.15, -0.1) is 0 Å². The lowest BCUT2D eigenvalue weighted by molar-refractivity contribution is -0.147. The van der Waals surface area contributed by atoms with Gasteiger partial charge in [-0.05, 0) is 58.6 Å². The van der Waals surface area contributed by atoms with Crippen LogP contribution in [0.2, 0.25) is 0 Å². The molecule has 0 aliphatic rings. The van der Waals surface area contributed by atoms with Crippen LogP contribution in [0.5, 0.6) is 5.75 Å². The van der Waals surface area contributed by atoms with Crippen molar-refractivity contribution in [3.8, 4) is 5.75 Å². The van der Waals surface area contributed by atoms with E-state index in [2.05, 4.69) is 13.0 Å². The van der Waals surface area contributed by atoms with E-state index >= 15 is 0 Å². The van der Waals surface area contributed by atoms with Gasteiger partial charge in [0.05, 0.1) is 12.0 Å². The number of unbranched alkanes of at least 4 members (excludes halogenated alkanes) is 1. The van der Waals surface area contributed by atoms with Crippen LogP contribution in [-0.4, -0.2) is 17.7 Å². The average Bonchev–Trinajstić information content (AvgIpc) is 2.31. The highest BCUT2D eigenvalue weighted by Gasteiger charge is 2.25. The summed E-state index contributed by atoms with van der Waals surface area (Å²) < 4.78 is 5.72. The lowest BCUT2D eigenvalue weighted by Gasteiger charge is -2.18. The van der Waals surface area contributed by atoms with Gasteiger partial charge >= 0.3 is 5.97 Å². The van der Waals surface area contributed by atoms with Gasteiger partial charge in [-0.3, -0.25) is 4.79 Å². The van der Waals surface area contributed by atoms with Gasteiger partial charge in [-0.25, -0.2) is 0 Å². The van der Waals surface area contributed by atoms with Crippen LogP contribution in [0.4, 0.5) is 0 Å². The molecule has 0 fully saturated rings. The van der Waals surface area contributed by atoms with E-state index in [-0.39, 0.29) is 0 Å². The fraction of sp³-hybridized carbons (Fsp3) is 0.562. The van der Waals surface area contributed by atoms with Crippen molar-refractivity contribution in [3.63, 3.8) is 0 Å². The van der Waals surface area contributed by atoms with Crippen LogP contribution < -0.4 is 4.74 Å². The van der Waals surface area contributed by atoms with Crippen molar-refractivity contribution >= 4 is 5.97 Å². The molecule has 0 spiro atoms. The number of rotatable bonds is 7. The topological polar surface area (TPSA) is 46.5 Å². The highest BCUT2D eigenvalue weighted by Crippen LogP contribution is 2.24. The Bertz CT molecular complexity index is 436. The first kappa shape index (κ1) is 15.5. The normalized spacial score (nSPS) is 11.4. The molecule has 0 unspecified atom stereocenters. The molecule has 0 radical (unpaired) electrons. The zero-order valence-electron chi connectivity index (χ0n) is 12.3. The number of ether oxygens (including phenoxy) is 1. The third-order valence-electron chi connectivity index (χ3n) is 3.36. The number of carboxylic acids is 1. The minimum Gasteiger partial charge on any atom is -0.493 e. The van der Waals surface area contributed by atoms with Crippen LogP contribution >= 0.6 is 0 Å². The van der Waals surface area contributed by atoms with Crippen LogP contribution in [0.25, 0.3) is 0 Å². The van der Waals surface area contributed by atoms with Gasteiger partial charge in [0, 0.05) is 0 Å². The van der Waals surface area contributed by atoms with Crippen molar-refractivity contribution in [1.82, 2.24) is 0 Å². The van der Waals surface area contributed by atoms with Gasteiger partial charge in [0.25, 0.3) is 0 Å². The molecule has 1 aromatic carbocycles. The average molecular weight is 264 g/mol. The van der Waals surface area contributed by atoms with Crippen LogP contribution in [0.1, 0.15) is 44.2 Å². The number of aliphatic carboxylic acids is 1. The summed E-state index contributed by atoms with van der Waals surface area (Å²) in [5.41, 5.74) is 1.73. The minimum atomic E-state index is -0.734. The Labute approximate surface area is 115 Å². The van der Waals surface area contributed by atoms with Crippen molar-refractivity contribution < 1.29 is 14.6 Å². The van der Waals surface area contributed by atoms with Gasteiger partial charge < -0.3 is 9.84 Å². The maximum atomic E-state index is 11.0. The molecule has 0 aliphatic carbocycles. The molecular formula is C16H24O3. The molecule has 1 N–H and O–H groups in total. The predicted molar refractivity (Wildman–Crippen MR) is 76.7 cm³/mol. The molecule has 0 amide bonds. The molecule has 0 aliphatic heterocycles. The lowest BCUT2D eigenvalue weighted by Crippen LogP contribution is -2.23. The standard InChI is InChI=1S/C16H24O3/c1-12-7-8-14(13(2)11-12)19-10-6-5-9-16(3,4)15(17)18/h7-8,11H,5-6,9-10H2,1-4H3,(H,17,18). The van der Waals surface area contributed by atoms with Crippen molar-refractivity contribution in [3.05, 3.63) is 29.3 Å². The van der Waals surface area contributed by atoms with Crippen molar-refractivity contribution in [2.24, 2.45) is 5.41 Å². The molecule has 0 bridgehead atoms. The second-order valence-corrected chi connectivity index (χ2v) is 5.76. The third kappa shape index (κ3) is 4.93. The van der Waals surface area contributed by atoms with Gasteiger partial charge in [-0.2, -0.15) is 0 Å². The molecular weight excluding hydrogens is 240 g/mol. The van der Waals surface area contributed by atoms with Crippen molar-refractivity contribution in [2.45, 2.75) is 47.0 Å². The van der Waals surface area contributed by atoms with Gasteiger partial charge in [0.15, 0.2) is 0 Å². The molecule has 19 heavy (non-hydrogen) atoms. The monoisotopic (exact) mass is 264 g/mol. The summed E-state index contributed by atoms with van der Waals surface area (Å²) in [4.78, 5) is 11.0. The van der Waals surface area contributed by atoms with Crippen LogP contribution in [0.3, 0.4) is 0 Å². The van der Waals surface area contributed by atoms with E-state index in [1.165, 1.54) is 5.56 Å². The van der Waals surface area contributed by atoms with Crippen molar-refractivity contribution in [2.75, 3.05) is 6.61 Å². The number of hydrogen-bond donors (Lipinski definition) is 1. The smallest absolute Gasteiger partial charge is 0.309 e. The lowest BCUT2D eigenvalue weighted by atomic mass is 9.87. The molecule has 1 rings (SSSR count). The zero-order valence-corrected chi connectivity index (χ0v) is 12.3. The Morgan fingerprint density at radius 3 is 2.53 bits per heavy atom. The predicted octanol–water partition coefficient (Wildman–Crippen LogP) is 3.96. The fourth-order valence-electron chi connectivity index (χ4n) is 1.92. The molecule has 3 nitrogen and oxygen atoms in total. The maximum Gasteiger partial charge on any atom is 0.309 e. The number of carboxylic acid groups (broad SMARTS) is 1. The Morgan fingerprint density at radius 1 is 1.26 bits per heavy atom. The molecule has 0 aromatic heterocycles. The first-order chi connectivity index (χ1) is 8.83. The summed E-state index contributed by atoms with van der Waals surface area (Å²) in [5, 5.41) is 9.01.